The summed E-state index contributed by atoms with van der Waals surface area (Å²) in [4.78, 5) is 26.0. The van der Waals surface area contributed by atoms with Gasteiger partial charge in [0, 0.05) is 50.8 Å². The zero-order valence-corrected chi connectivity index (χ0v) is 23.5. The highest BCUT2D eigenvalue weighted by Crippen LogP contribution is 2.54. The molecule has 0 bridgehead atoms. The third kappa shape index (κ3) is 6.49. The van der Waals surface area contributed by atoms with Gasteiger partial charge in [-0.25, -0.2) is 26.9 Å². The molecule has 5 rings (SSSR count). The zero-order valence-electron chi connectivity index (χ0n) is 22.6. The van der Waals surface area contributed by atoms with E-state index in [1.165, 1.54) is 31.2 Å². The lowest BCUT2D eigenvalue weighted by atomic mass is 9.93. The Labute approximate surface area is 228 Å². The van der Waals surface area contributed by atoms with Crippen LogP contribution in [0.4, 0.5) is 26.2 Å². The van der Waals surface area contributed by atoms with Gasteiger partial charge in [-0.2, -0.15) is 4.98 Å². The number of halogens is 2. The summed E-state index contributed by atoms with van der Waals surface area (Å²) in [6.07, 6.45) is 5.44. The van der Waals surface area contributed by atoms with Crippen LogP contribution in [0, 0.1) is 5.41 Å². The third-order valence-corrected chi connectivity index (χ3v) is 9.53. The molecule has 2 saturated heterocycles. The van der Waals surface area contributed by atoms with Crippen molar-refractivity contribution in [3.8, 4) is 0 Å². The summed E-state index contributed by atoms with van der Waals surface area (Å²) >= 11 is 0. The fourth-order valence-electron chi connectivity index (χ4n) is 5.31. The van der Waals surface area contributed by atoms with Gasteiger partial charge in [0.25, 0.3) is 11.8 Å². The summed E-state index contributed by atoms with van der Waals surface area (Å²) in [5.41, 5.74) is 0.617. The molecule has 0 unspecified atom stereocenters. The highest BCUT2D eigenvalue weighted by molar-refractivity contribution is 7.89. The lowest BCUT2D eigenvalue weighted by Gasteiger charge is -2.35. The molecule has 3 fully saturated rings. The average molecular weight is 563 g/mol. The van der Waals surface area contributed by atoms with E-state index in [1.54, 1.807) is 37.8 Å². The molecular weight excluding hydrogens is 526 g/mol. The Morgan fingerprint density at radius 3 is 2.21 bits per heavy atom. The lowest BCUT2D eigenvalue weighted by molar-refractivity contribution is -0.0221. The largest absolute Gasteiger partial charge is 0.371 e. The van der Waals surface area contributed by atoms with Gasteiger partial charge >= 0.3 is 0 Å². The molecule has 12 heteroatoms. The van der Waals surface area contributed by atoms with Gasteiger partial charge in [0.15, 0.2) is 0 Å². The summed E-state index contributed by atoms with van der Waals surface area (Å²) < 4.78 is 56.0. The maximum absolute atomic E-state index is 13.6. The molecule has 1 amide bonds. The number of anilines is 3. The first-order chi connectivity index (χ1) is 18.2. The van der Waals surface area contributed by atoms with E-state index in [9.17, 15) is 22.0 Å². The molecule has 0 radical (unpaired) electrons. The summed E-state index contributed by atoms with van der Waals surface area (Å²) in [6.45, 7) is 7.13. The molecule has 212 valence electrons. The van der Waals surface area contributed by atoms with Crippen molar-refractivity contribution < 1.29 is 22.0 Å². The topological polar surface area (TPSA) is 108 Å². The molecule has 2 N–H and O–H groups in total. The Bertz CT molecular complexity index is 1340. The van der Waals surface area contributed by atoms with Crippen molar-refractivity contribution >= 4 is 33.4 Å². The van der Waals surface area contributed by atoms with Gasteiger partial charge in [-0.1, -0.05) is 0 Å². The standard InChI is InChI=1S/C27H36F2N6O3S/c1-25(2,3)33-39(37,38)19-4-5-20(21(18-19)34-14-9-26(7-8-26)10-15-34)23(36)32-24-30-13-6-22(31-24)35-16-11-27(28,29)12-17-35/h4-6,13,18,33H,7-12,14-17H2,1-3H3,(H,30,31,32,36). The molecule has 0 atom stereocenters. The number of rotatable bonds is 6. The normalized spacial score (nSPS) is 20.6. The van der Waals surface area contributed by atoms with E-state index in [0.29, 0.717) is 22.5 Å². The quantitative estimate of drug-likeness (QED) is 0.537. The number of sulfonamides is 1. The third-order valence-electron chi connectivity index (χ3n) is 7.77. The van der Waals surface area contributed by atoms with Gasteiger partial charge in [0.2, 0.25) is 16.0 Å². The fourth-order valence-corrected chi connectivity index (χ4v) is 6.75. The smallest absolute Gasteiger partial charge is 0.260 e. The number of benzene rings is 1. The van der Waals surface area contributed by atoms with Crippen molar-refractivity contribution in [1.29, 1.82) is 0 Å². The van der Waals surface area contributed by atoms with E-state index >= 15 is 0 Å². The first-order valence-electron chi connectivity index (χ1n) is 13.4. The van der Waals surface area contributed by atoms with Crippen LogP contribution >= 0.6 is 0 Å². The number of nitrogens with one attached hydrogen (secondary N) is 2. The minimum atomic E-state index is -3.81. The van der Waals surface area contributed by atoms with Crippen LogP contribution in [0.5, 0.6) is 0 Å². The van der Waals surface area contributed by atoms with E-state index in [-0.39, 0.29) is 36.8 Å². The Kier molecular flexibility index (Phi) is 7.07. The highest BCUT2D eigenvalue weighted by atomic mass is 32.2. The second kappa shape index (κ2) is 9.96. The maximum atomic E-state index is 13.6. The molecule has 3 aliphatic rings. The lowest BCUT2D eigenvalue weighted by Crippen LogP contribution is -2.40. The molecule has 9 nitrogen and oxygen atoms in total. The molecule has 1 spiro atoms. The van der Waals surface area contributed by atoms with Gasteiger partial charge in [0.1, 0.15) is 5.82 Å². The zero-order chi connectivity index (χ0) is 28.1. The minimum absolute atomic E-state index is 0.0578. The van der Waals surface area contributed by atoms with Crippen molar-refractivity contribution in [3.05, 3.63) is 36.0 Å². The number of alkyl halides is 2. The van der Waals surface area contributed by atoms with Crippen molar-refractivity contribution in [2.75, 3.05) is 41.3 Å². The van der Waals surface area contributed by atoms with Gasteiger partial charge in [-0.3, -0.25) is 10.1 Å². The molecule has 2 aromatic rings. The van der Waals surface area contributed by atoms with Crippen molar-refractivity contribution in [2.45, 2.75) is 75.7 Å². The average Bonchev–Trinajstić information content (AvgIpc) is 3.61. The Morgan fingerprint density at radius 2 is 1.59 bits per heavy atom. The molecule has 1 saturated carbocycles. The van der Waals surface area contributed by atoms with Crippen LogP contribution in [0.15, 0.2) is 35.4 Å². The van der Waals surface area contributed by atoms with Crippen molar-refractivity contribution in [3.63, 3.8) is 0 Å². The van der Waals surface area contributed by atoms with Crippen LogP contribution in [0.2, 0.25) is 0 Å². The number of hydrogen-bond donors (Lipinski definition) is 2. The monoisotopic (exact) mass is 562 g/mol. The van der Waals surface area contributed by atoms with E-state index in [0.717, 1.165) is 25.9 Å². The predicted octanol–water partition coefficient (Wildman–Crippen LogP) is 4.42. The molecule has 1 aromatic carbocycles. The highest BCUT2D eigenvalue weighted by Gasteiger charge is 2.45. The number of nitrogens with zero attached hydrogens (tertiary/aromatic N) is 4. The Hall–Kier alpha value is -2.86. The summed E-state index contributed by atoms with van der Waals surface area (Å²) in [7, 11) is -3.81. The summed E-state index contributed by atoms with van der Waals surface area (Å²) in [5.74, 6) is -2.61. The van der Waals surface area contributed by atoms with Crippen molar-refractivity contribution in [1.82, 2.24) is 14.7 Å². The fraction of sp³-hybridized carbons (Fsp3) is 0.593. The first kappa shape index (κ1) is 27.7. The van der Waals surface area contributed by atoms with Crippen LogP contribution in [-0.4, -0.2) is 61.9 Å². The Balaban J connectivity index is 1.40. The SMILES string of the molecule is CC(C)(C)NS(=O)(=O)c1ccc(C(=O)Nc2nccc(N3CCC(F)(F)CC3)n2)c(N2CCC3(CC2)CC3)c1. The van der Waals surface area contributed by atoms with Gasteiger partial charge in [-0.15, -0.1) is 0 Å². The molecule has 2 aliphatic heterocycles. The number of aromatic nitrogens is 2. The molecule has 1 aromatic heterocycles. The van der Waals surface area contributed by atoms with E-state index in [4.69, 9.17) is 0 Å². The number of hydrogen-bond acceptors (Lipinski definition) is 7. The second-order valence-corrected chi connectivity index (χ2v) is 13.7. The van der Waals surface area contributed by atoms with Crippen LogP contribution in [0.25, 0.3) is 0 Å². The van der Waals surface area contributed by atoms with Crippen LogP contribution in [0.1, 0.15) is 69.7 Å². The summed E-state index contributed by atoms with van der Waals surface area (Å²) in [5, 5.41) is 2.73. The number of piperidine rings is 2. The van der Waals surface area contributed by atoms with E-state index in [2.05, 4.69) is 24.9 Å². The number of amides is 1. The predicted molar refractivity (Wildman–Crippen MR) is 146 cm³/mol. The van der Waals surface area contributed by atoms with Crippen LogP contribution in [-0.2, 0) is 10.0 Å². The maximum Gasteiger partial charge on any atom is 0.260 e. The molecule has 39 heavy (non-hydrogen) atoms. The summed E-state index contributed by atoms with van der Waals surface area (Å²) in [6, 6.07) is 6.16. The first-order valence-corrected chi connectivity index (χ1v) is 14.9. The molecule has 1 aliphatic carbocycles. The van der Waals surface area contributed by atoms with Gasteiger partial charge < -0.3 is 9.80 Å². The number of carbonyl (C=O) groups excluding carboxylic acids is 1. The van der Waals surface area contributed by atoms with E-state index < -0.39 is 27.4 Å². The van der Waals surface area contributed by atoms with Crippen LogP contribution < -0.4 is 19.8 Å². The molecule has 3 heterocycles. The van der Waals surface area contributed by atoms with E-state index in [1.807, 2.05) is 0 Å². The second-order valence-electron chi connectivity index (χ2n) is 12.1. The van der Waals surface area contributed by atoms with Crippen molar-refractivity contribution in [2.24, 2.45) is 5.41 Å². The Morgan fingerprint density at radius 1 is 0.949 bits per heavy atom. The van der Waals surface area contributed by atoms with Gasteiger partial charge in [-0.05, 0) is 76.1 Å². The molecular formula is C27H36F2N6O3S. The number of carbonyl (C=O) groups is 1. The van der Waals surface area contributed by atoms with Crippen LogP contribution in [0.3, 0.4) is 0 Å². The van der Waals surface area contributed by atoms with Gasteiger partial charge in [0.05, 0.1) is 16.1 Å². The minimum Gasteiger partial charge on any atom is -0.371 e.